The molecule has 4 rings (SSSR count). The number of carbonyl (C=O) groups is 2. The summed E-state index contributed by atoms with van der Waals surface area (Å²) in [5, 5.41) is 11.3. The minimum Gasteiger partial charge on any atom is -0.459 e. The zero-order valence-electron chi connectivity index (χ0n) is 19.3. The molecular formula is C24H21N3O10. The number of nitrogens with one attached hydrogen (secondary N) is 1. The van der Waals surface area contributed by atoms with Crippen molar-refractivity contribution in [2.45, 2.75) is 24.5 Å². The van der Waals surface area contributed by atoms with Gasteiger partial charge in [0.1, 0.15) is 18.8 Å². The Bertz CT molecular complexity index is 1400. The maximum atomic E-state index is 12.8. The number of ether oxygens (including phenoxy) is 4. The molecule has 4 atom stereocenters. The van der Waals surface area contributed by atoms with Gasteiger partial charge in [0.15, 0.2) is 12.3 Å². The second-order valence-corrected chi connectivity index (χ2v) is 7.90. The fraction of sp³-hybridized carbons (Fsp3) is 0.250. The van der Waals surface area contributed by atoms with Gasteiger partial charge in [-0.2, -0.15) is 0 Å². The number of methoxy groups -OCH3 is 1. The average Bonchev–Trinajstić information content (AvgIpc) is 3.24. The second-order valence-electron chi connectivity index (χ2n) is 7.90. The topological polar surface area (TPSA) is 169 Å². The molecule has 1 saturated heterocycles. The molecule has 0 bridgehead atoms. The first-order valence-corrected chi connectivity index (χ1v) is 11.0. The first kappa shape index (κ1) is 25.5. The lowest BCUT2D eigenvalue weighted by molar-refractivity contribution is -0.387. The van der Waals surface area contributed by atoms with Gasteiger partial charge in [-0.25, -0.2) is 14.4 Å². The first-order chi connectivity index (χ1) is 17.8. The molecule has 1 fully saturated rings. The molecule has 13 nitrogen and oxygen atoms in total. The molecule has 1 aliphatic heterocycles. The molecular weight excluding hydrogens is 490 g/mol. The summed E-state index contributed by atoms with van der Waals surface area (Å²) in [5.41, 5.74) is -2.63. The predicted octanol–water partition coefficient (Wildman–Crippen LogP) is 1.44. The monoisotopic (exact) mass is 511 g/mol. The van der Waals surface area contributed by atoms with Crippen LogP contribution in [-0.4, -0.2) is 58.4 Å². The number of nitro groups is 1. The SMILES string of the molecule is CO[C@@H]1[C@H](OC(=O)c2ccccc2)[C@@H](COC(=O)c2ccccc2)O[C@@H]1n1cc([N+](=O)[O-])c(=O)[nH]c1=O. The van der Waals surface area contributed by atoms with E-state index >= 15 is 0 Å². The van der Waals surface area contributed by atoms with Crippen molar-refractivity contribution in [3.63, 3.8) is 0 Å². The van der Waals surface area contributed by atoms with E-state index in [0.717, 1.165) is 4.57 Å². The number of carbonyl (C=O) groups excluding carboxylic acids is 2. The Morgan fingerprint density at radius 3 is 2.16 bits per heavy atom. The molecule has 0 aliphatic carbocycles. The molecule has 3 aromatic rings. The van der Waals surface area contributed by atoms with E-state index in [1.807, 2.05) is 4.98 Å². The number of benzene rings is 2. The summed E-state index contributed by atoms with van der Waals surface area (Å²) >= 11 is 0. The average molecular weight is 511 g/mol. The number of hydrogen-bond donors (Lipinski definition) is 1. The van der Waals surface area contributed by atoms with Gasteiger partial charge in [0, 0.05) is 7.11 Å². The van der Waals surface area contributed by atoms with Gasteiger partial charge in [0.25, 0.3) is 0 Å². The van der Waals surface area contributed by atoms with Gasteiger partial charge in [0.2, 0.25) is 0 Å². The highest BCUT2D eigenvalue weighted by Crippen LogP contribution is 2.34. The standard InChI is InChI=1S/C24H21N3O10/c1-34-19-18(37-23(30)15-10-6-3-7-11-15)17(13-35-22(29)14-8-4-2-5-9-14)36-21(19)26-12-16(27(32)33)20(28)25-24(26)31/h2-12,17-19,21H,13H2,1H3,(H,25,28,31)/t17-,18-,19-,21+/m1/s1. The molecule has 13 heteroatoms. The van der Waals surface area contributed by atoms with E-state index in [1.54, 1.807) is 48.5 Å². The van der Waals surface area contributed by atoms with Crippen molar-refractivity contribution >= 4 is 17.6 Å². The Morgan fingerprint density at radius 2 is 1.59 bits per heavy atom. The van der Waals surface area contributed by atoms with Crippen molar-refractivity contribution < 1.29 is 33.5 Å². The fourth-order valence-electron chi connectivity index (χ4n) is 3.83. The van der Waals surface area contributed by atoms with Gasteiger partial charge in [-0.05, 0) is 24.3 Å². The molecule has 2 heterocycles. The van der Waals surface area contributed by atoms with Crippen molar-refractivity contribution in [2.75, 3.05) is 13.7 Å². The van der Waals surface area contributed by atoms with Crippen molar-refractivity contribution in [3.8, 4) is 0 Å². The number of aromatic nitrogens is 2. The third-order valence-electron chi connectivity index (χ3n) is 5.62. The number of hydrogen-bond acceptors (Lipinski definition) is 10. The van der Waals surface area contributed by atoms with Crippen LogP contribution in [0.15, 0.2) is 76.4 Å². The molecule has 0 saturated carbocycles. The third-order valence-corrected chi connectivity index (χ3v) is 5.62. The molecule has 2 aromatic carbocycles. The van der Waals surface area contributed by atoms with Gasteiger partial charge >= 0.3 is 28.9 Å². The number of nitrogens with zero attached hydrogens (tertiary/aromatic N) is 2. The Labute approximate surface area is 208 Å². The molecule has 192 valence electrons. The number of rotatable bonds is 8. The highest BCUT2D eigenvalue weighted by molar-refractivity contribution is 5.90. The quantitative estimate of drug-likeness (QED) is 0.265. The lowest BCUT2D eigenvalue weighted by Gasteiger charge is -2.23. The largest absolute Gasteiger partial charge is 0.459 e. The summed E-state index contributed by atoms with van der Waals surface area (Å²) in [5.74, 6) is -1.41. The van der Waals surface area contributed by atoms with Crippen LogP contribution in [-0.2, 0) is 18.9 Å². The van der Waals surface area contributed by atoms with Crippen LogP contribution < -0.4 is 11.2 Å². The molecule has 37 heavy (non-hydrogen) atoms. The van der Waals surface area contributed by atoms with E-state index < -0.39 is 64.9 Å². The Kier molecular flexibility index (Phi) is 7.55. The number of esters is 2. The Hall–Kier alpha value is -4.62. The normalized spacial score (nSPS) is 20.8. The van der Waals surface area contributed by atoms with Gasteiger partial charge in [-0.1, -0.05) is 36.4 Å². The van der Waals surface area contributed by atoms with Gasteiger partial charge in [0.05, 0.1) is 22.2 Å². The van der Waals surface area contributed by atoms with Crippen molar-refractivity contribution in [3.05, 3.63) is 109 Å². The summed E-state index contributed by atoms with van der Waals surface area (Å²) in [6, 6.07) is 16.2. The van der Waals surface area contributed by atoms with Crippen LogP contribution in [0.1, 0.15) is 26.9 Å². The van der Waals surface area contributed by atoms with Crippen LogP contribution in [0.4, 0.5) is 5.69 Å². The van der Waals surface area contributed by atoms with Crippen LogP contribution in [0.25, 0.3) is 0 Å². The van der Waals surface area contributed by atoms with Gasteiger partial charge in [-0.15, -0.1) is 0 Å². The molecule has 0 radical (unpaired) electrons. The summed E-state index contributed by atoms with van der Waals surface area (Å²) in [6.07, 6.45) is -4.16. The molecule has 1 aliphatic rings. The van der Waals surface area contributed by atoms with E-state index in [2.05, 4.69) is 0 Å². The predicted molar refractivity (Wildman–Crippen MR) is 125 cm³/mol. The van der Waals surface area contributed by atoms with Crippen LogP contribution >= 0.6 is 0 Å². The molecule has 0 amide bonds. The molecule has 0 spiro atoms. The van der Waals surface area contributed by atoms with Crippen LogP contribution in [0.5, 0.6) is 0 Å². The van der Waals surface area contributed by atoms with E-state index in [-0.39, 0.29) is 11.1 Å². The maximum absolute atomic E-state index is 12.8. The minimum atomic E-state index is -1.37. The summed E-state index contributed by atoms with van der Waals surface area (Å²) in [7, 11) is 1.26. The molecule has 0 unspecified atom stereocenters. The lowest BCUT2D eigenvalue weighted by Crippen LogP contribution is -2.41. The summed E-state index contributed by atoms with van der Waals surface area (Å²) < 4.78 is 23.1. The van der Waals surface area contributed by atoms with Crippen LogP contribution in [0, 0.1) is 10.1 Å². The highest BCUT2D eigenvalue weighted by atomic mass is 16.6. The van der Waals surface area contributed by atoms with E-state index in [1.165, 1.54) is 19.2 Å². The van der Waals surface area contributed by atoms with Crippen LogP contribution in [0.3, 0.4) is 0 Å². The fourth-order valence-corrected chi connectivity index (χ4v) is 3.83. The molecule has 1 aromatic heterocycles. The van der Waals surface area contributed by atoms with Crippen molar-refractivity contribution in [1.29, 1.82) is 0 Å². The zero-order chi connectivity index (χ0) is 26.5. The highest BCUT2D eigenvalue weighted by Gasteiger charge is 2.50. The van der Waals surface area contributed by atoms with E-state index in [9.17, 15) is 29.3 Å². The Balaban J connectivity index is 1.66. The lowest BCUT2D eigenvalue weighted by atomic mass is 10.1. The van der Waals surface area contributed by atoms with Crippen molar-refractivity contribution in [1.82, 2.24) is 9.55 Å². The van der Waals surface area contributed by atoms with Crippen molar-refractivity contribution in [2.24, 2.45) is 0 Å². The van der Waals surface area contributed by atoms with Gasteiger partial charge < -0.3 is 18.9 Å². The minimum absolute atomic E-state index is 0.220. The maximum Gasteiger partial charge on any atom is 0.350 e. The second kappa shape index (κ2) is 11.0. The summed E-state index contributed by atoms with van der Waals surface area (Å²) in [4.78, 5) is 61.8. The van der Waals surface area contributed by atoms with Crippen LogP contribution in [0.2, 0.25) is 0 Å². The van der Waals surface area contributed by atoms with E-state index in [0.29, 0.717) is 6.20 Å². The number of aromatic amines is 1. The summed E-state index contributed by atoms with van der Waals surface area (Å²) in [6.45, 7) is -0.406. The Morgan fingerprint density at radius 1 is 1.00 bits per heavy atom. The molecule has 1 N–H and O–H groups in total. The smallest absolute Gasteiger partial charge is 0.350 e. The third kappa shape index (κ3) is 5.47. The zero-order valence-corrected chi connectivity index (χ0v) is 19.3. The first-order valence-electron chi connectivity index (χ1n) is 11.0. The van der Waals surface area contributed by atoms with Gasteiger partial charge in [-0.3, -0.25) is 24.5 Å². The number of H-pyrrole nitrogens is 1. The van der Waals surface area contributed by atoms with E-state index in [4.69, 9.17) is 18.9 Å².